The Kier molecular flexibility index (Phi) is 3.90. The second kappa shape index (κ2) is 5.87. The van der Waals surface area contributed by atoms with Crippen molar-refractivity contribution in [2.45, 2.75) is 33.4 Å². The summed E-state index contributed by atoms with van der Waals surface area (Å²) >= 11 is 0. The third-order valence-corrected chi connectivity index (χ3v) is 3.63. The molecule has 5 nitrogen and oxygen atoms in total. The molecule has 120 valence electrons. The third kappa shape index (κ3) is 3.26. The molecule has 0 bridgehead atoms. The van der Waals surface area contributed by atoms with Crippen LogP contribution < -0.4 is 5.32 Å². The lowest BCUT2D eigenvalue weighted by Gasteiger charge is -2.14. The van der Waals surface area contributed by atoms with Gasteiger partial charge in [-0.25, -0.2) is 4.39 Å². The molecule has 0 aliphatic rings. The first-order valence-corrected chi connectivity index (χ1v) is 7.43. The molecule has 6 heteroatoms. The molecule has 0 aliphatic carbocycles. The van der Waals surface area contributed by atoms with E-state index in [1.54, 1.807) is 6.07 Å². The Morgan fingerprint density at radius 1 is 1.35 bits per heavy atom. The fraction of sp³-hybridized carbons (Fsp3) is 0.294. The average Bonchev–Trinajstić information content (AvgIpc) is 3.01. The smallest absolute Gasteiger partial charge is 0.287 e. The zero-order valence-corrected chi connectivity index (χ0v) is 13.3. The van der Waals surface area contributed by atoms with Gasteiger partial charge in [-0.3, -0.25) is 9.48 Å². The average molecular weight is 315 g/mol. The molecule has 1 atom stereocenters. The summed E-state index contributed by atoms with van der Waals surface area (Å²) < 4.78 is 20.5. The maximum absolute atomic E-state index is 13.2. The molecule has 2 heterocycles. The number of nitrogens with zero attached hydrogens (tertiary/aromatic N) is 2. The molecule has 0 aliphatic heterocycles. The Balaban J connectivity index is 1.71. The summed E-state index contributed by atoms with van der Waals surface area (Å²) in [4.78, 5) is 12.3. The van der Waals surface area contributed by atoms with Crippen LogP contribution in [0.1, 0.15) is 28.9 Å². The van der Waals surface area contributed by atoms with E-state index in [0.29, 0.717) is 17.5 Å². The number of amides is 1. The van der Waals surface area contributed by atoms with Crippen molar-refractivity contribution in [3.05, 3.63) is 53.3 Å². The number of aromatic nitrogens is 2. The maximum atomic E-state index is 13.2. The molecule has 1 unspecified atom stereocenters. The van der Waals surface area contributed by atoms with Gasteiger partial charge in [-0.2, -0.15) is 5.10 Å². The molecule has 23 heavy (non-hydrogen) atoms. The van der Waals surface area contributed by atoms with Crippen LogP contribution in [0.5, 0.6) is 0 Å². The molecule has 1 amide bonds. The molecular weight excluding hydrogens is 297 g/mol. The van der Waals surface area contributed by atoms with E-state index >= 15 is 0 Å². The van der Waals surface area contributed by atoms with Crippen LogP contribution in [-0.4, -0.2) is 21.7 Å². The summed E-state index contributed by atoms with van der Waals surface area (Å²) in [5.41, 5.74) is 2.48. The highest BCUT2D eigenvalue weighted by Crippen LogP contribution is 2.20. The van der Waals surface area contributed by atoms with Crippen LogP contribution in [0.25, 0.3) is 11.0 Å². The minimum Gasteiger partial charge on any atom is -0.451 e. The van der Waals surface area contributed by atoms with Gasteiger partial charge in [0.05, 0.1) is 12.2 Å². The lowest BCUT2D eigenvalue weighted by Crippen LogP contribution is -2.36. The van der Waals surface area contributed by atoms with Crippen LogP contribution in [-0.2, 0) is 6.54 Å². The van der Waals surface area contributed by atoms with Gasteiger partial charge in [0.2, 0.25) is 0 Å². The van der Waals surface area contributed by atoms with Crippen molar-refractivity contribution in [2.75, 3.05) is 0 Å². The number of furan rings is 1. The van der Waals surface area contributed by atoms with Crippen molar-refractivity contribution in [1.82, 2.24) is 15.1 Å². The molecule has 1 aromatic carbocycles. The van der Waals surface area contributed by atoms with Crippen molar-refractivity contribution in [1.29, 1.82) is 0 Å². The number of carbonyl (C=O) groups excluding carboxylic acids is 1. The molecule has 2 aromatic heterocycles. The summed E-state index contributed by atoms with van der Waals surface area (Å²) in [6.07, 6.45) is 0. The van der Waals surface area contributed by atoms with Crippen LogP contribution in [0.4, 0.5) is 4.39 Å². The van der Waals surface area contributed by atoms with E-state index in [9.17, 15) is 9.18 Å². The summed E-state index contributed by atoms with van der Waals surface area (Å²) in [7, 11) is 0. The molecule has 0 saturated heterocycles. The van der Waals surface area contributed by atoms with Crippen molar-refractivity contribution in [3.8, 4) is 0 Å². The van der Waals surface area contributed by atoms with Crippen LogP contribution >= 0.6 is 0 Å². The summed E-state index contributed by atoms with van der Waals surface area (Å²) in [5, 5.41) is 7.82. The maximum Gasteiger partial charge on any atom is 0.287 e. The first-order valence-electron chi connectivity index (χ1n) is 7.43. The van der Waals surface area contributed by atoms with Gasteiger partial charge in [0.1, 0.15) is 11.4 Å². The quantitative estimate of drug-likeness (QED) is 0.804. The molecule has 0 spiro atoms. The second-order valence-corrected chi connectivity index (χ2v) is 5.78. The SMILES string of the molecule is Cc1cc(C)n(CC(C)NC(=O)c2cc3cc(F)ccc3o2)n1. The fourth-order valence-electron chi connectivity index (χ4n) is 2.59. The highest BCUT2D eigenvalue weighted by molar-refractivity contribution is 5.96. The van der Waals surface area contributed by atoms with Gasteiger partial charge in [0, 0.05) is 17.1 Å². The topological polar surface area (TPSA) is 60.1 Å². The lowest BCUT2D eigenvalue weighted by molar-refractivity contribution is 0.0910. The van der Waals surface area contributed by atoms with Crippen molar-refractivity contribution in [2.24, 2.45) is 0 Å². The van der Waals surface area contributed by atoms with Crippen LogP contribution in [0.15, 0.2) is 34.7 Å². The Hall–Kier alpha value is -2.63. The summed E-state index contributed by atoms with van der Waals surface area (Å²) in [5.74, 6) is -0.510. The first-order chi connectivity index (χ1) is 10.9. The van der Waals surface area contributed by atoms with Gasteiger partial charge in [0.15, 0.2) is 5.76 Å². The third-order valence-electron chi connectivity index (χ3n) is 3.63. The molecule has 3 rings (SSSR count). The predicted molar refractivity (Wildman–Crippen MR) is 84.8 cm³/mol. The number of benzene rings is 1. The van der Waals surface area contributed by atoms with E-state index in [1.165, 1.54) is 18.2 Å². The Morgan fingerprint density at radius 2 is 2.13 bits per heavy atom. The van der Waals surface area contributed by atoms with Gasteiger partial charge in [-0.1, -0.05) is 0 Å². The zero-order valence-electron chi connectivity index (χ0n) is 13.3. The molecule has 3 aromatic rings. The number of fused-ring (bicyclic) bond motifs is 1. The zero-order chi connectivity index (χ0) is 16.6. The van der Waals surface area contributed by atoms with E-state index in [1.807, 2.05) is 31.5 Å². The van der Waals surface area contributed by atoms with Crippen LogP contribution in [0.2, 0.25) is 0 Å². The standard InChI is InChI=1S/C17H18FN3O2/c1-10-6-12(3)21(20-10)9-11(2)19-17(22)16-8-13-7-14(18)4-5-15(13)23-16/h4-8,11H,9H2,1-3H3,(H,19,22). The normalized spacial score (nSPS) is 12.5. The number of rotatable bonds is 4. The minimum atomic E-state index is -0.358. The van der Waals surface area contributed by atoms with E-state index < -0.39 is 0 Å². The summed E-state index contributed by atoms with van der Waals surface area (Å²) in [6, 6.07) is 7.58. The van der Waals surface area contributed by atoms with Gasteiger partial charge in [-0.15, -0.1) is 0 Å². The number of hydrogen-bond acceptors (Lipinski definition) is 3. The van der Waals surface area contributed by atoms with Gasteiger partial charge in [0.25, 0.3) is 5.91 Å². The van der Waals surface area contributed by atoms with Gasteiger partial charge in [-0.05, 0) is 51.1 Å². The number of aryl methyl sites for hydroxylation is 2. The number of halogens is 1. The minimum absolute atomic E-state index is 0.120. The van der Waals surface area contributed by atoms with Crippen LogP contribution in [0.3, 0.4) is 0 Å². The number of carbonyl (C=O) groups is 1. The van der Waals surface area contributed by atoms with E-state index in [-0.39, 0.29) is 23.5 Å². The van der Waals surface area contributed by atoms with E-state index in [4.69, 9.17) is 4.42 Å². The predicted octanol–water partition coefficient (Wildman–Crippen LogP) is 3.20. The van der Waals surface area contributed by atoms with Crippen molar-refractivity contribution < 1.29 is 13.6 Å². The highest BCUT2D eigenvalue weighted by Gasteiger charge is 2.16. The van der Waals surface area contributed by atoms with Crippen LogP contribution in [0, 0.1) is 19.7 Å². The highest BCUT2D eigenvalue weighted by atomic mass is 19.1. The fourth-order valence-corrected chi connectivity index (χ4v) is 2.59. The molecule has 0 radical (unpaired) electrons. The summed E-state index contributed by atoms with van der Waals surface area (Å²) in [6.45, 7) is 6.37. The number of nitrogens with one attached hydrogen (secondary N) is 1. The van der Waals surface area contributed by atoms with E-state index in [0.717, 1.165) is 11.4 Å². The van der Waals surface area contributed by atoms with Crippen molar-refractivity contribution >= 4 is 16.9 Å². The molecule has 0 saturated carbocycles. The largest absolute Gasteiger partial charge is 0.451 e. The Labute approximate surface area is 133 Å². The van der Waals surface area contributed by atoms with E-state index in [2.05, 4.69) is 10.4 Å². The molecule has 0 fully saturated rings. The Bertz CT molecular complexity index is 866. The monoisotopic (exact) mass is 315 g/mol. The Morgan fingerprint density at radius 3 is 2.83 bits per heavy atom. The van der Waals surface area contributed by atoms with Gasteiger partial charge < -0.3 is 9.73 Å². The number of hydrogen-bond donors (Lipinski definition) is 1. The van der Waals surface area contributed by atoms with Gasteiger partial charge >= 0.3 is 0 Å². The van der Waals surface area contributed by atoms with Crippen molar-refractivity contribution in [3.63, 3.8) is 0 Å². The lowest BCUT2D eigenvalue weighted by atomic mass is 10.2. The molecule has 1 N–H and O–H groups in total. The molecular formula is C17H18FN3O2. The first kappa shape index (κ1) is 15.3. The second-order valence-electron chi connectivity index (χ2n) is 5.78.